The van der Waals surface area contributed by atoms with E-state index in [9.17, 15) is 0 Å². The van der Waals surface area contributed by atoms with Crippen LogP contribution >= 0.6 is 21.6 Å². The maximum absolute atomic E-state index is 2.33. The van der Waals surface area contributed by atoms with Crippen LogP contribution in [0, 0.1) is 0 Å². The standard InChI is InChI=1S/C11H24S2/c1-5-7-8-9-10-12-13-11(3,4)6-2/h5-10H2,1-4H3. The fourth-order valence-corrected chi connectivity index (χ4v) is 3.60. The number of unbranched alkanes of at least 4 members (excludes halogenated alkanes) is 3. The molecule has 0 radical (unpaired) electrons. The Morgan fingerprint density at radius 3 is 2.23 bits per heavy atom. The summed E-state index contributed by atoms with van der Waals surface area (Å²) in [6, 6.07) is 0. The Labute approximate surface area is 92.0 Å². The summed E-state index contributed by atoms with van der Waals surface area (Å²) >= 11 is 0. The lowest BCUT2D eigenvalue weighted by molar-refractivity contribution is 0.689. The van der Waals surface area contributed by atoms with Crippen molar-refractivity contribution in [2.75, 3.05) is 5.75 Å². The molecule has 0 unspecified atom stereocenters. The molecule has 2 heteroatoms. The third kappa shape index (κ3) is 9.01. The van der Waals surface area contributed by atoms with Gasteiger partial charge >= 0.3 is 0 Å². The van der Waals surface area contributed by atoms with Gasteiger partial charge in [0.15, 0.2) is 0 Å². The lowest BCUT2D eigenvalue weighted by Gasteiger charge is -2.20. The van der Waals surface area contributed by atoms with Crippen LogP contribution in [0.15, 0.2) is 0 Å². The van der Waals surface area contributed by atoms with Crippen molar-refractivity contribution in [3.05, 3.63) is 0 Å². The molecule has 0 rings (SSSR count). The molecule has 0 aromatic heterocycles. The van der Waals surface area contributed by atoms with Crippen molar-refractivity contribution in [2.24, 2.45) is 0 Å². The van der Waals surface area contributed by atoms with Crippen molar-refractivity contribution in [1.29, 1.82) is 0 Å². The highest BCUT2D eigenvalue weighted by atomic mass is 33.1. The second-order valence-electron chi connectivity index (χ2n) is 4.08. The first-order valence-electron chi connectivity index (χ1n) is 5.43. The lowest BCUT2D eigenvalue weighted by atomic mass is 10.1. The van der Waals surface area contributed by atoms with Gasteiger partial charge in [-0.2, -0.15) is 0 Å². The van der Waals surface area contributed by atoms with E-state index in [0.717, 1.165) is 0 Å². The molecule has 0 aliphatic rings. The molecule has 13 heavy (non-hydrogen) atoms. The number of rotatable bonds is 8. The third-order valence-corrected chi connectivity index (χ3v) is 5.74. The molecule has 0 bridgehead atoms. The largest absolute Gasteiger partial charge is 0.0936 e. The summed E-state index contributed by atoms with van der Waals surface area (Å²) < 4.78 is 0.468. The van der Waals surface area contributed by atoms with Gasteiger partial charge in [0.2, 0.25) is 0 Å². The highest BCUT2D eigenvalue weighted by Gasteiger charge is 2.15. The van der Waals surface area contributed by atoms with E-state index >= 15 is 0 Å². The van der Waals surface area contributed by atoms with E-state index in [-0.39, 0.29) is 0 Å². The van der Waals surface area contributed by atoms with E-state index in [2.05, 4.69) is 49.3 Å². The summed E-state index contributed by atoms with van der Waals surface area (Å²) in [5, 5.41) is 0. The molecular weight excluding hydrogens is 196 g/mol. The van der Waals surface area contributed by atoms with E-state index in [1.54, 1.807) is 0 Å². The Hall–Kier alpha value is 0.700. The average Bonchev–Trinajstić information content (AvgIpc) is 2.11. The third-order valence-electron chi connectivity index (χ3n) is 2.22. The molecule has 0 atom stereocenters. The van der Waals surface area contributed by atoms with Gasteiger partial charge in [0.25, 0.3) is 0 Å². The van der Waals surface area contributed by atoms with Crippen LogP contribution in [0.5, 0.6) is 0 Å². The van der Waals surface area contributed by atoms with Gasteiger partial charge in [-0.05, 0) is 26.7 Å². The molecule has 0 saturated carbocycles. The molecule has 0 amide bonds. The molecule has 0 aliphatic heterocycles. The van der Waals surface area contributed by atoms with E-state index in [0.29, 0.717) is 4.75 Å². The van der Waals surface area contributed by atoms with Gasteiger partial charge < -0.3 is 0 Å². The van der Waals surface area contributed by atoms with E-state index in [1.165, 1.54) is 37.9 Å². The summed E-state index contributed by atoms with van der Waals surface area (Å²) in [4.78, 5) is 0. The fourth-order valence-electron chi connectivity index (χ4n) is 0.848. The van der Waals surface area contributed by atoms with Crippen LogP contribution in [0.4, 0.5) is 0 Å². The van der Waals surface area contributed by atoms with Crippen molar-refractivity contribution in [3.63, 3.8) is 0 Å². The summed E-state index contributed by atoms with van der Waals surface area (Å²) in [6.45, 7) is 9.19. The second-order valence-corrected chi connectivity index (χ2v) is 7.20. The lowest BCUT2D eigenvalue weighted by Crippen LogP contribution is -2.10. The van der Waals surface area contributed by atoms with Crippen LogP contribution in [0.1, 0.15) is 59.8 Å². The molecule has 0 spiro atoms. The molecular formula is C11H24S2. The Morgan fingerprint density at radius 2 is 1.69 bits per heavy atom. The van der Waals surface area contributed by atoms with Crippen LogP contribution in [-0.4, -0.2) is 10.5 Å². The van der Waals surface area contributed by atoms with Gasteiger partial charge in [0.1, 0.15) is 0 Å². The highest BCUT2D eigenvalue weighted by Crippen LogP contribution is 2.38. The van der Waals surface area contributed by atoms with Gasteiger partial charge in [0.05, 0.1) is 0 Å². The summed E-state index contributed by atoms with van der Waals surface area (Å²) in [6.07, 6.45) is 6.82. The van der Waals surface area contributed by atoms with Crippen molar-refractivity contribution in [1.82, 2.24) is 0 Å². The number of hydrogen-bond acceptors (Lipinski definition) is 2. The minimum atomic E-state index is 0.468. The molecule has 0 heterocycles. The first-order valence-corrected chi connectivity index (χ1v) is 7.75. The predicted octanol–water partition coefficient (Wildman–Crippen LogP) is 5.14. The number of hydrogen-bond donors (Lipinski definition) is 0. The van der Waals surface area contributed by atoms with Gasteiger partial charge in [-0.25, -0.2) is 0 Å². The first-order chi connectivity index (χ1) is 6.12. The molecule has 0 nitrogen and oxygen atoms in total. The minimum Gasteiger partial charge on any atom is -0.0936 e. The van der Waals surface area contributed by atoms with Crippen LogP contribution in [-0.2, 0) is 0 Å². The molecule has 0 aromatic rings. The zero-order chi connectivity index (χ0) is 10.2. The Morgan fingerprint density at radius 1 is 1.00 bits per heavy atom. The van der Waals surface area contributed by atoms with Gasteiger partial charge in [-0.1, -0.05) is 54.7 Å². The topological polar surface area (TPSA) is 0 Å². The van der Waals surface area contributed by atoms with Gasteiger partial charge in [0, 0.05) is 10.5 Å². The normalized spacial score (nSPS) is 12.0. The molecule has 0 saturated heterocycles. The molecule has 0 aromatic carbocycles. The van der Waals surface area contributed by atoms with Crippen molar-refractivity contribution in [2.45, 2.75) is 64.5 Å². The van der Waals surface area contributed by atoms with Crippen molar-refractivity contribution < 1.29 is 0 Å². The monoisotopic (exact) mass is 220 g/mol. The average molecular weight is 220 g/mol. The Balaban J connectivity index is 3.16. The predicted molar refractivity (Wildman–Crippen MR) is 68.6 cm³/mol. The second kappa shape index (κ2) is 8.05. The molecule has 0 fully saturated rings. The Kier molecular flexibility index (Phi) is 8.48. The zero-order valence-corrected chi connectivity index (χ0v) is 11.2. The highest BCUT2D eigenvalue weighted by molar-refractivity contribution is 8.77. The van der Waals surface area contributed by atoms with Crippen LogP contribution < -0.4 is 0 Å². The smallest absolute Gasteiger partial charge is 0.0204 e. The van der Waals surface area contributed by atoms with Gasteiger partial charge in [-0.15, -0.1) is 0 Å². The molecule has 80 valence electrons. The summed E-state index contributed by atoms with van der Waals surface area (Å²) in [5.74, 6) is 1.33. The van der Waals surface area contributed by atoms with E-state index < -0.39 is 0 Å². The quantitative estimate of drug-likeness (QED) is 0.410. The van der Waals surface area contributed by atoms with Crippen molar-refractivity contribution >= 4 is 21.6 Å². The van der Waals surface area contributed by atoms with E-state index in [1.807, 2.05) is 0 Å². The minimum absolute atomic E-state index is 0.468. The fraction of sp³-hybridized carbons (Fsp3) is 1.00. The SMILES string of the molecule is CCCCCCSSC(C)(C)CC. The maximum atomic E-state index is 2.33. The van der Waals surface area contributed by atoms with Crippen LogP contribution in [0.3, 0.4) is 0 Å². The van der Waals surface area contributed by atoms with E-state index in [4.69, 9.17) is 0 Å². The molecule has 0 aliphatic carbocycles. The van der Waals surface area contributed by atoms with Gasteiger partial charge in [-0.3, -0.25) is 0 Å². The van der Waals surface area contributed by atoms with Crippen LogP contribution in [0.25, 0.3) is 0 Å². The van der Waals surface area contributed by atoms with Crippen molar-refractivity contribution in [3.8, 4) is 0 Å². The summed E-state index contributed by atoms with van der Waals surface area (Å²) in [5.41, 5.74) is 0. The Bertz CT molecular complexity index is 111. The van der Waals surface area contributed by atoms with Crippen LogP contribution in [0.2, 0.25) is 0 Å². The summed E-state index contributed by atoms with van der Waals surface area (Å²) in [7, 11) is 4.11. The zero-order valence-electron chi connectivity index (χ0n) is 9.56. The first kappa shape index (κ1) is 13.7. The maximum Gasteiger partial charge on any atom is 0.0204 e. The molecule has 0 N–H and O–H groups in total.